The van der Waals surface area contributed by atoms with Crippen molar-refractivity contribution in [1.82, 2.24) is 15.3 Å². The maximum atomic E-state index is 12.5. The van der Waals surface area contributed by atoms with Crippen molar-refractivity contribution in [3.05, 3.63) is 63.7 Å². The Hall–Kier alpha value is -3.55. The van der Waals surface area contributed by atoms with Crippen LogP contribution in [-0.2, 0) is 11.2 Å². The van der Waals surface area contributed by atoms with Gasteiger partial charge in [0.05, 0.1) is 12.7 Å². The fraction of sp³-hybridized carbons (Fsp3) is 0.286. The number of aromatic amines is 2. The van der Waals surface area contributed by atoms with Crippen molar-refractivity contribution in [3.8, 4) is 5.75 Å². The molecule has 1 amide bonds. The number of carbonyl (C=O) groups excluding carboxylic acids is 1. The second-order valence-corrected chi connectivity index (χ2v) is 6.64. The Balaban J connectivity index is 0.000000941. The molecule has 2 aromatic heterocycles. The molecule has 8 nitrogen and oxygen atoms in total. The van der Waals surface area contributed by atoms with Crippen molar-refractivity contribution in [3.63, 3.8) is 0 Å². The fourth-order valence-electron chi connectivity index (χ4n) is 3.04. The number of carbonyl (C=O) groups is 2. The lowest BCUT2D eigenvalue weighted by Crippen LogP contribution is -2.28. The second kappa shape index (κ2) is 10.1. The maximum absolute atomic E-state index is 12.5. The highest BCUT2D eigenvalue weighted by Gasteiger charge is 2.14. The Kier molecular flexibility index (Phi) is 7.59. The molecular weight excluding hydrogens is 374 g/mol. The van der Waals surface area contributed by atoms with Gasteiger partial charge >= 0.3 is 0 Å². The third-order valence-corrected chi connectivity index (χ3v) is 4.43. The van der Waals surface area contributed by atoms with E-state index in [9.17, 15) is 9.59 Å². The van der Waals surface area contributed by atoms with E-state index in [0.717, 1.165) is 22.2 Å². The van der Waals surface area contributed by atoms with E-state index in [4.69, 9.17) is 14.6 Å². The van der Waals surface area contributed by atoms with Gasteiger partial charge in [-0.15, -0.1) is 0 Å². The Morgan fingerprint density at radius 1 is 1.28 bits per heavy atom. The average Bonchev–Trinajstić information content (AvgIpc) is 3.10. The molecule has 0 aliphatic rings. The number of amides is 1. The van der Waals surface area contributed by atoms with Crippen LogP contribution in [0.3, 0.4) is 0 Å². The maximum Gasteiger partial charge on any atom is 0.290 e. The van der Waals surface area contributed by atoms with Gasteiger partial charge in [-0.2, -0.15) is 0 Å². The molecule has 8 heteroatoms. The van der Waals surface area contributed by atoms with Gasteiger partial charge < -0.3 is 25.1 Å². The van der Waals surface area contributed by atoms with Crippen LogP contribution in [-0.4, -0.2) is 41.1 Å². The molecule has 4 N–H and O–H groups in total. The molecule has 0 aliphatic carbocycles. The van der Waals surface area contributed by atoms with Crippen molar-refractivity contribution in [2.24, 2.45) is 0 Å². The Morgan fingerprint density at radius 2 is 2.00 bits per heavy atom. The third-order valence-electron chi connectivity index (χ3n) is 4.43. The van der Waals surface area contributed by atoms with Gasteiger partial charge in [-0.3, -0.25) is 14.4 Å². The van der Waals surface area contributed by atoms with Crippen LogP contribution in [0.15, 0.2) is 41.3 Å². The highest BCUT2D eigenvalue weighted by atomic mass is 16.5. The average molecular weight is 399 g/mol. The first-order valence-electron chi connectivity index (χ1n) is 9.14. The van der Waals surface area contributed by atoms with E-state index < -0.39 is 0 Å². The van der Waals surface area contributed by atoms with Gasteiger partial charge in [-0.1, -0.05) is 13.8 Å². The number of fused-ring (bicyclic) bond motifs is 1. The minimum absolute atomic E-state index is 0.0609. The topological polar surface area (TPSA) is 124 Å². The summed E-state index contributed by atoms with van der Waals surface area (Å²) in [5.41, 5.74) is 3.13. The predicted molar refractivity (Wildman–Crippen MR) is 111 cm³/mol. The van der Waals surface area contributed by atoms with E-state index in [1.165, 1.54) is 6.07 Å². The van der Waals surface area contributed by atoms with Gasteiger partial charge in [0, 0.05) is 35.4 Å². The molecule has 29 heavy (non-hydrogen) atoms. The van der Waals surface area contributed by atoms with E-state index in [1.807, 2.05) is 38.2 Å². The first-order valence-corrected chi connectivity index (χ1v) is 9.14. The molecule has 3 aromatic rings. The summed E-state index contributed by atoms with van der Waals surface area (Å²) < 4.78 is 5.28. The molecule has 1 aromatic carbocycles. The van der Waals surface area contributed by atoms with E-state index in [2.05, 4.69) is 15.3 Å². The summed E-state index contributed by atoms with van der Waals surface area (Å²) in [5, 5.41) is 10.9. The zero-order valence-electron chi connectivity index (χ0n) is 16.6. The fourth-order valence-corrected chi connectivity index (χ4v) is 3.04. The largest absolute Gasteiger partial charge is 0.497 e. The summed E-state index contributed by atoms with van der Waals surface area (Å²) in [6, 6.07) is 8.84. The number of benzene rings is 1. The molecular formula is C21H25N3O5. The summed E-state index contributed by atoms with van der Waals surface area (Å²) >= 11 is 0. The van der Waals surface area contributed by atoms with E-state index in [-0.39, 0.29) is 23.9 Å². The zero-order valence-corrected chi connectivity index (χ0v) is 16.6. The predicted octanol–water partition coefficient (Wildman–Crippen LogP) is 2.66. The first-order chi connectivity index (χ1) is 13.9. The monoisotopic (exact) mass is 399 g/mol. The summed E-state index contributed by atoms with van der Waals surface area (Å²) in [4.78, 5) is 38.4. The Bertz CT molecular complexity index is 1040. The van der Waals surface area contributed by atoms with Crippen LogP contribution in [0.2, 0.25) is 0 Å². The number of hydrogen-bond donors (Lipinski definition) is 4. The number of pyridine rings is 1. The lowest BCUT2D eigenvalue weighted by molar-refractivity contribution is -0.122. The molecule has 0 bridgehead atoms. The number of nitrogens with one attached hydrogen (secondary N) is 3. The van der Waals surface area contributed by atoms with Gasteiger partial charge in [0.15, 0.2) is 0 Å². The van der Waals surface area contributed by atoms with Gasteiger partial charge in [-0.05, 0) is 42.2 Å². The highest BCUT2D eigenvalue weighted by Crippen LogP contribution is 2.23. The van der Waals surface area contributed by atoms with Crippen molar-refractivity contribution in [1.29, 1.82) is 0 Å². The number of carboxylic acid groups (broad SMARTS) is 1. The Labute approximate surface area is 167 Å². The summed E-state index contributed by atoms with van der Waals surface area (Å²) in [6.45, 7) is 4.14. The molecule has 0 saturated carbocycles. The van der Waals surface area contributed by atoms with Crippen LogP contribution in [0.1, 0.15) is 41.4 Å². The van der Waals surface area contributed by atoms with Crippen molar-refractivity contribution in [2.75, 3.05) is 13.7 Å². The van der Waals surface area contributed by atoms with E-state index in [0.29, 0.717) is 24.2 Å². The van der Waals surface area contributed by atoms with Gasteiger partial charge in [0.25, 0.3) is 12.4 Å². The molecule has 0 atom stereocenters. The van der Waals surface area contributed by atoms with E-state index >= 15 is 0 Å². The molecule has 154 valence electrons. The minimum atomic E-state index is -0.250. The van der Waals surface area contributed by atoms with Crippen LogP contribution >= 0.6 is 0 Å². The lowest BCUT2D eigenvalue weighted by atomic mass is 10.0. The highest BCUT2D eigenvalue weighted by molar-refractivity contribution is 5.95. The molecule has 0 fully saturated rings. The molecule has 0 saturated heterocycles. The van der Waals surface area contributed by atoms with Crippen LogP contribution in [0.25, 0.3) is 10.9 Å². The Morgan fingerprint density at radius 3 is 2.66 bits per heavy atom. The van der Waals surface area contributed by atoms with Gasteiger partial charge in [0.2, 0.25) is 5.56 Å². The van der Waals surface area contributed by atoms with E-state index in [1.54, 1.807) is 13.2 Å². The third kappa shape index (κ3) is 5.47. The van der Waals surface area contributed by atoms with Gasteiger partial charge in [-0.25, -0.2) is 0 Å². The smallest absolute Gasteiger partial charge is 0.290 e. The number of H-pyrrole nitrogens is 2. The number of ether oxygens (including phenoxy) is 1. The second-order valence-electron chi connectivity index (χ2n) is 6.64. The number of methoxy groups -OCH3 is 1. The summed E-state index contributed by atoms with van der Waals surface area (Å²) in [7, 11) is 1.64. The first kappa shape index (κ1) is 21.7. The SMILES string of the molecule is COc1ccc2[nH]cc(CCNC(=O)c3ccc(=O)[nH]c3C(C)C)c2c1.O=CO. The molecule has 0 radical (unpaired) electrons. The number of rotatable bonds is 6. The standard InChI is InChI=1S/C20H23N3O3.CH2O2/c1-12(2)19-15(5-7-18(24)23-19)20(25)21-9-8-13-11-22-17-6-4-14(26-3)10-16(13)17;2-1-3/h4-7,10-12,22H,8-9H2,1-3H3,(H,21,25)(H,23,24);1H,(H,2,3). The van der Waals surface area contributed by atoms with Gasteiger partial charge in [0.1, 0.15) is 5.75 Å². The lowest BCUT2D eigenvalue weighted by Gasteiger charge is -2.12. The number of aromatic nitrogens is 2. The van der Waals surface area contributed by atoms with Crippen molar-refractivity contribution in [2.45, 2.75) is 26.2 Å². The molecule has 2 heterocycles. The normalized spacial score (nSPS) is 10.3. The minimum Gasteiger partial charge on any atom is -0.497 e. The quantitative estimate of drug-likeness (QED) is 0.474. The van der Waals surface area contributed by atoms with Crippen molar-refractivity contribution >= 4 is 23.3 Å². The zero-order chi connectivity index (χ0) is 21.4. The van der Waals surface area contributed by atoms with Crippen LogP contribution in [0.4, 0.5) is 0 Å². The van der Waals surface area contributed by atoms with Crippen LogP contribution < -0.4 is 15.6 Å². The molecule has 0 unspecified atom stereocenters. The molecule has 3 rings (SSSR count). The summed E-state index contributed by atoms with van der Waals surface area (Å²) in [5.74, 6) is 0.685. The molecule has 0 aliphatic heterocycles. The van der Waals surface area contributed by atoms with Crippen LogP contribution in [0, 0.1) is 0 Å². The van der Waals surface area contributed by atoms with Crippen LogP contribution in [0.5, 0.6) is 5.75 Å². The number of hydrogen-bond acceptors (Lipinski definition) is 4. The van der Waals surface area contributed by atoms with Crippen molar-refractivity contribution < 1.29 is 19.4 Å². The summed E-state index contributed by atoms with van der Waals surface area (Å²) in [6.07, 6.45) is 2.65. The molecule has 0 spiro atoms.